The van der Waals surface area contributed by atoms with Crippen molar-refractivity contribution in [1.29, 1.82) is 0 Å². The van der Waals surface area contributed by atoms with Gasteiger partial charge in [0.05, 0.1) is 5.02 Å². The second kappa shape index (κ2) is 3.20. The molecule has 1 nitrogen and oxygen atoms in total. The first-order valence-corrected chi connectivity index (χ1v) is 4.07. The van der Waals surface area contributed by atoms with Crippen molar-refractivity contribution in [3.05, 3.63) is 21.3 Å². The van der Waals surface area contributed by atoms with Gasteiger partial charge in [-0.25, -0.2) is 0 Å². The molecule has 50 valence electrons. The summed E-state index contributed by atoms with van der Waals surface area (Å²) < 4.78 is 0. The van der Waals surface area contributed by atoms with Crippen molar-refractivity contribution in [2.45, 2.75) is 6.42 Å². The lowest BCUT2D eigenvalue weighted by atomic mass is 10.2. The minimum atomic E-state index is 0.677. The number of rotatable bonds is 2. The maximum Gasteiger partial charge on any atom is 0.0545 e. The van der Waals surface area contributed by atoms with Gasteiger partial charge < -0.3 is 5.73 Å². The lowest BCUT2D eigenvalue weighted by Crippen LogP contribution is -2.01. The monoisotopic (exact) mass is 161 g/mol. The van der Waals surface area contributed by atoms with Crippen LogP contribution >= 0.6 is 22.9 Å². The van der Waals surface area contributed by atoms with Crippen LogP contribution in [0.2, 0.25) is 5.02 Å². The van der Waals surface area contributed by atoms with Gasteiger partial charge in [-0.3, -0.25) is 0 Å². The first kappa shape index (κ1) is 7.06. The Labute approximate surface area is 63.4 Å². The molecule has 0 atom stereocenters. The molecule has 0 unspecified atom stereocenters. The maximum absolute atomic E-state index is 5.77. The van der Waals surface area contributed by atoms with Crippen LogP contribution in [0.4, 0.5) is 0 Å². The van der Waals surface area contributed by atoms with Gasteiger partial charge in [0.1, 0.15) is 0 Å². The van der Waals surface area contributed by atoms with Crippen molar-refractivity contribution in [2.24, 2.45) is 5.73 Å². The summed E-state index contributed by atoms with van der Waals surface area (Å²) in [4.78, 5) is 0. The Hall–Kier alpha value is -0.0500. The molecule has 0 aromatic carbocycles. The van der Waals surface area contributed by atoms with E-state index in [9.17, 15) is 0 Å². The zero-order valence-corrected chi connectivity index (χ0v) is 6.50. The van der Waals surface area contributed by atoms with Gasteiger partial charge in [0, 0.05) is 5.38 Å². The van der Waals surface area contributed by atoms with E-state index in [1.807, 2.05) is 10.8 Å². The molecule has 2 N–H and O–H groups in total. The maximum atomic E-state index is 5.77. The Morgan fingerprint density at radius 3 is 2.78 bits per heavy atom. The minimum Gasteiger partial charge on any atom is -0.330 e. The summed E-state index contributed by atoms with van der Waals surface area (Å²) in [7, 11) is 0. The Kier molecular flexibility index (Phi) is 2.51. The summed E-state index contributed by atoms with van der Waals surface area (Å²) in [5, 5.41) is 4.81. The van der Waals surface area contributed by atoms with Gasteiger partial charge in [-0.1, -0.05) is 11.6 Å². The second-order valence-electron chi connectivity index (χ2n) is 1.78. The fraction of sp³-hybridized carbons (Fsp3) is 0.333. The highest BCUT2D eigenvalue weighted by molar-refractivity contribution is 7.08. The standard InChI is InChI=1S/C6H8ClNS/c7-6-4-9-3-5(6)1-2-8/h3-4H,1-2,8H2. The molecule has 3 heteroatoms. The average molecular weight is 162 g/mol. The number of nitrogens with two attached hydrogens (primary N) is 1. The minimum absolute atomic E-state index is 0.677. The third kappa shape index (κ3) is 1.68. The van der Waals surface area contributed by atoms with E-state index in [1.165, 1.54) is 5.56 Å². The van der Waals surface area contributed by atoms with Crippen LogP contribution in [0.3, 0.4) is 0 Å². The fourth-order valence-electron chi connectivity index (χ4n) is 0.642. The van der Waals surface area contributed by atoms with Crippen LogP contribution in [0, 0.1) is 0 Å². The molecule has 0 aliphatic carbocycles. The summed E-state index contributed by atoms with van der Waals surface area (Å²) in [6.07, 6.45) is 0.891. The predicted molar refractivity (Wildman–Crippen MR) is 42.1 cm³/mol. The molecule has 1 heterocycles. The summed E-state index contributed by atoms with van der Waals surface area (Å²) in [5.74, 6) is 0. The molecule has 1 aromatic heterocycles. The largest absolute Gasteiger partial charge is 0.330 e. The van der Waals surface area contributed by atoms with Crippen molar-refractivity contribution in [3.8, 4) is 0 Å². The zero-order chi connectivity index (χ0) is 6.69. The molecule has 0 saturated carbocycles. The molecule has 0 bridgehead atoms. The molecule has 1 rings (SSSR count). The van der Waals surface area contributed by atoms with Gasteiger partial charge in [0.25, 0.3) is 0 Å². The van der Waals surface area contributed by atoms with Gasteiger partial charge in [0.15, 0.2) is 0 Å². The summed E-state index contributed by atoms with van der Waals surface area (Å²) in [6, 6.07) is 0. The molecule has 0 amide bonds. The molecule has 0 saturated heterocycles. The lowest BCUT2D eigenvalue weighted by molar-refractivity contribution is 0.974. The smallest absolute Gasteiger partial charge is 0.0545 e. The second-order valence-corrected chi connectivity index (χ2v) is 2.93. The molecule has 0 aliphatic heterocycles. The first-order chi connectivity index (χ1) is 4.34. The van der Waals surface area contributed by atoms with Crippen molar-refractivity contribution in [3.63, 3.8) is 0 Å². The van der Waals surface area contributed by atoms with Gasteiger partial charge >= 0.3 is 0 Å². The average Bonchev–Trinajstić information content (AvgIpc) is 2.18. The summed E-state index contributed by atoms with van der Waals surface area (Å²) >= 11 is 7.39. The Balaban J connectivity index is 2.69. The zero-order valence-electron chi connectivity index (χ0n) is 4.93. The lowest BCUT2D eigenvalue weighted by Gasteiger charge is -1.91. The van der Waals surface area contributed by atoms with Gasteiger partial charge in [-0.2, -0.15) is 11.3 Å². The van der Waals surface area contributed by atoms with E-state index >= 15 is 0 Å². The Morgan fingerprint density at radius 2 is 2.33 bits per heavy atom. The van der Waals surface area contributed by atoms with E-state index in [-0.39, 0.29) is 0 Å². The third-order valence-electron chi connectivity index (χ3n) is 1.10. The van der Waals surface area contributed by atoms with Crippen molar-refractivity contribution >= 4 is 22.9 Å². The number of halogens is 1. The Morgan fingerprint density at radius 1 is 1.56 bits per heavy atom. The van der Waals surface area contributed by atoms with Crippen LogP contribution in [0.15, 0.2) is 10.8 Å². The van der Waals surface area contributed by atoms with Crippen LogP contribution in [0.25, 0.3) is 0 Å². The van der Waals surface area contributed by atoms with E-state index in [4.69, 9.17) is 17.3 Å². The summed E-state index contributed by atoms with van der Waals surface area (Å²) in [5.41, 5.74) is 6.51. The molecule has 0 spiro atoms. The van der Waals surface area contributed by atoms with E-state index in [0.29, 0.717) is 6.54 Å². The van der Waals surface area contributed by atoms with Crippen molar-refractivity contribution < 1.29 is 0 Å². The highest BCUT2D eigenvalue weighted by Gasteiger charge is 1.97. The van der Waals surface area contributed by atoms with Crippen molar-refractivity contribution in [2.75, 3.05) is 6.54 Å². The van der Waals surface area contributed by atoms with Gasteiger partial charge in [-0.05, 0) is 23.9 Å². The normalized spacial score (nSPS) is 10.0. The van der Waals surface area contributed by atoms with E-state index in [1.54, 1.807) is 11.3 Å². The molecular formula is C6H8ClNS. The highest BCUT2D eigenvalue weighted by Crippen LogP contribution is 2.20. The molecule has 1 aromatic rings. The van der Waals surface area contributed by atoms with Crippen LogP contribution < -0.4 is 5.73 Å². The third-order valence-corrected chi connectivity index (χ3v) is 2.38. The van der Waals surface area contributed by atoms with Crippen LogP contribution in [-0.4, -0.2) is 6.54 Å². The van der Waals surface area contributed by atoms with E-state index in [2.05, 4.69) is 0 Å². The molecule has 0 radical (unpaired) electrons. The van der Waals surface area contributed by atoms with E-state index < -0.39 is 0 Å². The number of hydrogen-bond donors (Lipinski definition) is 1. The first-order valence-electron chi connectivity index (χ1n) is 2.75. The van der Waals surface area contributed by atoms with Gasteiger partial charge in [0.2, 0.25) is 0 Å². The quantitative estimate of drug-likeness (QED) is 0.705. The fourth-order valence-corrected chi connectivity index (χ4v) is 1.76. The predicted octanol–water partition coefficient (Wildman–Crippen LogP) is 1.90. The molecule has 0 aliphatic rings. The SMILES string of the molecule is NCCc1cscc1Cl. The van der Waals surface area contributed by atoms with Crippen molar-refractivity contribution in [1.82, 2.24) is 0 Å². The number of hydrogen-bond acceptors (Lipinski definition) is 2. The summed E-state index contributed by atoms with van der Waals surface area (Å²) in [6.45, 7) is 0.677. The Bertz CT molecular complexity index is 185. The molecular weight excluding hydrogens is 154 g/mol. The van der Waals surface area contributed by atoms with Crippen LogP contribution in [-0.2, 0) is 6.42 Å². The molecule has 0 fully saturated rings. The van der Waals surface area contributed by atoms with Crippen LogP contribution in [0.5, 0.6) is 0 Å². The molecule has 9 heavy (non-hydrogen) atoms. The van der Waals surface area contributed by atoms with Gasteiger partial charge in [-0.15, -0.1) is 0 Å². The topological polar surface area (TPSA) is 26.0 Å². The highest BCUT2D eigenvalue weighted by atomic mass is 35.5. The van der Waals surface area contributed by atoms with E-state index in [0.717, 1.165) is 11.4 Å². The number of thiophene rings is 1. The van der Waals surface area contributed by atoms with Crippen LogP contribution in [0.1, 0.15) is 5.56 Å².